The number of hydrogen-bond donors (Lipinski definition) is 1. The van der Waals surface area contributed by atoms with Crippen molar-refractivity contribution in [1.29, 1.82) is 0 Å². The first-order chi connectivity index (χ1) is 8.24. The highest BCUT2D eigenvalue weighted by atomic mass is 35.5. The second-order valence-corrected chi connectivity index (χ2v) is 5.57. The number of benzene rings is 1. The van der Waals surface area contributed by atoms with Crippen molar-refractivity contribution in [3.8, 4) is 0 Å². The number of Topliss-reactive ketones (excluding diaryl/α,β-unsaturated/α-hetero) is 1. The van der Waals surface area contributed by atoms with Crippen LogP contribution in [0.3, 0.4) is 0 Å². The van der Waals surface area contributed by atoms with E-state index in [1.54, 1.807) is 0 Å². The Morgan fingerprint density at radius 1 is 1.50 bits per heavy atom. The van der Waals surface area contributed by atoms with Crippen molar-refractivity contribution < 1.29 is 18.1 Å². The molecule has 0 unspecified atom stereocenters. The van der Waals surface area contributed by atoms with Crippen LogP contribution in [0.15, 0.2) is 23.1 Å². The lowest BCUT2D eigenvalue weighted by atomic mass is 10.3. The van der Waals surface area contributed by atoms with E-state index in [1.165, 1.54) is 6.92 Å². The molecule has 0 fully saturated rings. The van der Waals surface area contributed by atoms with E-state index < -0.39 is 20.6 Å². The third-order valence-electron chi connectivity index (χ3n) is 1.94. The number of ketones is 1. The Kier molecular flexibility index (Phi) is 4.38. The Bertz CT molecular complexity index is 599. The van der Waals surface area contributed by atoms with E-state index in [0.717, 1.165) is 18.2 Å². The van der Waals surface area contributed by atoms with Gasteiger partial charge in [-0.25, -0.2) is 13.1 Å². The van der Waals surface area contributed by atoms with Crippen LogP contribution < -0.4 is 4.72 Å². The summed E-state index contributed by atoms with van der Waals surface area (Å²) in [6.45, 7) is 0.839. The van der Waals surface area contributed by atoms with Gasteiger partial charge < -0.3 is 0 Å². The maximum absolute atomic E-state index is 11.7. The lowest BCUT2D eigenvalue weighted by molar-refractivity contribution is -0.384. The zero-order valence-corrected chi connectivity index (χ0v) is 10.8. The number of rotatable bonds is 5. The van der Waals surface area contributed by atoms with Crippen molar-refractivity contribution in [3.05, 3.63) is 33.3 Å². The number of nitrogens with one attached hydrogen (secondary N) is 1. The number of carbonyl (C=O) groups is 1. The first-order valence-electron chi connectivity index (χ1n) is 4.67. The Balaban J connectivity index is 3.14. The summed E-state index contributed by atoms with van der Waals surface area (Å²) in [6, 6.07) is 3.07. The van der Waals surface area contributed by atoms with Gasteiger partial charge in [-0.2, -0.15) is 0 Å². The highest BCUT2D eigenvalue weighted by Crippen LogP contribution is 2.26. The number of halogens is 1. The summed E-state index contributed by atoms with van der Waals surface area (Å²) in [5.74, 6) is -0.373. The number of hydrogen-bond acceptors (Lipinski definition) is 5. The number of nitro groups is 1. The summed E-state index contributed by atoms with van der Waals surface area (Å²) < 4.78 is 25.4. The molecule has 98 valence electrons. The molecule has 0 atom stereocenters. The van der Waals surface area contributed by atoms with Crippen LogP contribution >= 0.6 is 11.6 Å². The van der Waals surface area contributed by atoms with E-state index in [4.69, 9.17) is 11.6 Å². The SMILES string of the molecule is CC(=O)CNS(=O)(=O)c1ccc(Cl)c([N+](=O)[O-])c1. The molecule has 0 amide bonds. The van der Waals surface area contributed by atoms with Crippen LogP contribution in [0, 0.1) is 10.1 Å². The molecule has 18 heavy (non-hydrogen) atoms. The van der Waals surface area contributed by atoms with Crippen LogP contribution in [0.2, 0.25) is 5.02 Å². The van der Waals surface area contributed by atoms with E-state index in [9.17, 15) is 23.3 Å². The van der Waals surface area contributed by atoms with E-state index in [1.807, 2.05) is 4.72 Å². The topological polar surface area (TPSA) is 106 Å². The normalized spacial score (nSPS) is 11.2. The summed E-state index contributed by atoms with van der Waals surface area (Å²) >= 11 is 5.56. The number of sulfonamides is 1. The molecule has 0 saturated carbocycles. The fourth-order valence-electron chi connectivity index (χ4n) is 1.08. The molecule has 0 saturated heterocycles. The molecule has 1 rings (SSSR count). The summed E-state index contributed by atoms with van der Waals surface area (Å²) in [7, 11) is -3.96. The van der Waals surface area contributed by atoms with Crippen molar-refractivity contribution in [2.75, 3.05) is 6.54 Å². The molecule has 0 aliphatic heterocycles. The standard InChI is InChI=1S/C9H9ClN2O5S/c1-6(13)5-11-18(16,17)7-2-3-8(10)9(4-7)12(14)15/h2-4,11H,5H2,1H3. The minimum atomic E-state index is -3.96. The van der Waals surface area contributed by atoms with E-state index in [-0.39, 0.29) is 22.2 Å². The minimum Gasteiger partial charge on any atom is -0.299 e. The summed E-state index contributed by atoms with van der Waals surface area (Å²) in [5, 5.41) is 10.5. The van der Waals surface area contributed by atoms with Gasteiger partial charge in [0.15, 0.2) is 0 Å². The average Bonchev–Trinajstić information content (AvgIpc) is 2.26. The van der Waals surface area contributed by atoms with Gasteiger partial charge in [0.1, 0.15) is 10.8 Å². The van der Waals surface area contributed by atoms with Gasteiger partial charge in [-0.1, -0.05) is 11.6 Å². The van der Waals surface area contributed by atoms with Crippen molar-refractivity contribution >= 4 is 33.1 Å². The molecule has 1 aromatic rings. The maximum atomic E-state index is 11.7. The van der Waals surface area contributed by atoms with Crippen molar-refractivity contribution in [2.24, 2.45) is 0 Å². The average molecular weight is 293 g/mol. The molecule has 0 heterocycles. The molecule has 0 bridgehead atoms. The Morgan fingerprint density at radius 2 is 2.11 bits per heavy atom. The van der Waals surface area contributed by atoms with E-state index in [0.29, 0.717) is 0 Å². The number of nitro benzene ring substituents is 1. The van der Waals surface area contributed by atoms with E-state index in [2.05, 4.69) is 0 Å². The highest BCUT2D eigenvalue weighted by molar-refractivity contribution is 7.89. The molecular weight excluding hydrogens is 284 g/mol. The molecule has 1 N–H and O–H groups in total. The van der Waals surface area contributed by atoms with Crippen LogP contribution in [-0.4, -0.2) is 25.7 Å². The first-order valence-corrected chi connectivity index (χ1v) is 6.53. The first kappa shape index (κ1) is 14.6. The Morgan fingerprint density at radius 3 is 2.61 bits per heavy atom. The van der Waals surface area contributed by atoms with E-state index >= 15 is 0 Å². The molecule has 0 spiro atoms. The smallest absolute Gasteiger partial charge is 0.289 e. The van der Waals surface area contributed by atoms with Crippen LogP contribution in [0.25, 0.3) is 0 Å². The molecule has 0 aromatic heterocycles. The van der Waals surface area contributed by atoms with Gasteiger partial charge in [-0.3, -0.25) is 14.9 Å². The molecule has 0 radical (unpaired) electrons. The molecule has 7 nitrogen and oxygen atoms in total. The summed E-state index contributed by atoms with van der Waals surface area (Å²) in [5.41, 5.74) is -0.512. The van der Waals surface area contributed by atoms with Crippen LogP contribution in [0.5, 0.6) is 0 Å². The number of carbonyl (C=O) groups excluding carboxylic acids is 1. The molecule has 1 aromatic carbocycles. The fourth-order valence-corrected chi connectivity index (χ4v) is 2.34. The number of nitrogens with zero attached hydrogens (tertiary/aromatic N) is 1. The van der Waals surface area contributed by atoms with Crippen LogP contribution in [0.1, 0.15) is 6.92 Å². The van der Waals surface area contributed by atoms with Crippen molar-refractivity contribution in [1.82, 2.24) is 4.72 Å². The predicted octanol–water partition coefficient (Wildman–Crippen LogP) is 1.12. The molecular formula is C9H9ClN2O5S. The third kappa shape index (κ3) is 3.49. The third-order valence-corrected chi connectivity index (χ3v) is 3.65. The minimum absolute atomic E-state index is 0.162. The van der Waals surface area contributed by atoms with Crippen molar-refractivity contribution in [2.45, 2.75) is 11.8 Å². The molecule has 0 aliphatic rings. The van der Waals surface area contributed by atoms with Crippen molar-refractivity contribution in [3.63, 3.8) is 0 Å². The zero-order valence-electron chi connectivity index (χ0n) is 9.21. The van der Waals surface area contributed by atoms with Gasteiger partial charge in [-0.05, 0) is 19.1 Å². The summed E-state index contributed by atoms with van der Waals surface area (Å²) in [4.78, 5) is 20.2. The molecule has 0 aliphatic carbocycles. The van der Waals surface area contributed by atoms with Gasteiger partial charge in [0.2, 0.25) is 10.0 Å². The van der Waals surface area contributed by atoms with Crippen LogP contribution in [0.4, 0.5) is 5.69 Å². The van der Waals surface area contributed by atoms with Gasteiger partial charge in [0.25, 0.3) is 5.69 Å². The molecule has 9 heteroatoms. The quantitative estimate of drug-likeness (QED) is 0.646. The lowest BCUT2D eigenvalue weighted by Gasteiger charge is -2.05. The van der Waals surface area contributed by atoms with Gasteiger partial charge >= 0.3 is 0 Å². The predicted molar refractivity (Wildman–Crippen MR) is 64.0 cm³/mol. The Hall–Kier alpha value is -1.51. The van der Waals surface area contributed by atoms with Gasteiger partial charge in [0.05, 0.1) is 16.4 Å². The second kappa shape index (κ2) is 5.42. The maximum Gasteiger partial charge on any atom is 0.289 e. The fraction of sp³-hybridized carbons (Fsp3) is 0.222. The van der Waals surface area contributed by atoms with Gasteiger partial charge in [0, 0.05) is 6.07 Å². The summed E-state index contributed by atoms with van der Waals surface area (Å²) in [6.07, 6.45) is 0. The zero-order chi connectivity index (χ0) is 13.9. The largest absolute Gasteiger partial charge is 0.299 e. The van der Waals surface area contributed by atoms with Crippen LogP contribution in [-0.2, 0) is 14.8 Å². The lowest BCUT2D eigenvalue weighted by Crippen LogP contribution is -2.28. The Labute approximate surface area is 108 Å². The second-order valence-electron chi connectivity index (χ2n) is 3.40. The highest BCUT2D eigenvalue weighted by Gasteiger charge is 2.20. The monoisotopic (exact) mass is 292 g/mol. The van der Waals surface area contributed by atoms with Gasteiger partial charge in [-0.15, -0.1) is 0 Å².